The molecule has 0 aromatic carbocycles. The van der Waals surface area contributed by atoms with E-state index >= 15 is 0 Å². The molecular formula is C22H47N. The molecule has 140 valence electrons. The maximum absolute atomic E-state index is 3.43. The Hall–Kier alpha value is -0.0400. The van der Waals surface area contributed by atoms with E-state index in [-0.39, 0.29) is 0 Å². The van der Waals surface area contributed by atoms with Crippen LogP contribution in [0.4, 0.5) is 0 Å². The fourth-order valence-corrected chi connectivity index (χ4v) is 3.70. The van der Waals surface area contributed by atoms with E-state index in [1.807, 2.05) is 0 Å². The third-order valence-corrected chi connectivity index (χ3v) is 5.46. The Kier molecular flexibility index (Phi) is 18.3. The van der Waals surface area contributed by atoms with Crippen LogP contribution in [0.2, 0.25) is 0 Å². The van der Waals surface area contributed by atoms with Crippen molar-refractivity contribution in [1.82, 2.24) is 5.32 Å². The second-order valence-electron chi connectivity index (χ2n) is 7.76. The molecule has 0 amide bonds. The van der Waals surface area contributed by atoms with Gasteiger partial charge in [-0.15, -0.1) is 0 Å². The van der Waals surface area contributed by atoms with Gasteiger partial charge in [-0.2, -0.15) is 0 Å². The first kappa shape index (κ1) is 23.0. The highest BCUT2D eigenvalue weighted by atomic mass is 14.8. The highest BCUT2D eigenvalue weighted by molar-refractivity contribution is 4.69. The summed E-state index contributed by atoms with van der Waals surface area (Å²) in [5, 5.41) is 3.43. The molecule has 0 aromatic rings. The molecule has 2 unspecified atom stereocenters. The van der Waals surface area contributed by atoms with Gasteiger partial charge in [0.15, 0.2) is 0 Å². The van der Waals surface area contributed by atoms with Crippen LogP contribution in [-0.4, -0.2) is 13.6 Å². The summed E-state index contributed by atoms with van der Waals surface area (Å²) >= 11 is 0. The largest absolute Gasteiger partial charge is 0.319 e. The van der Waals surface area contributed by atoms with Gasteiger partial charge in [-0.1, -0.05) is 111 Å². The fourth-order valence-electron chi connectivity index (χ4n) is 3.70. The highest BCUT2D eigenvalue weighted by Gasteiger charge is 2.15. The molecule has 2 atom stereocenters. The second kappa shape index (κ2) is 18.3. The van der Waals surface area contributed by atoms with Crippen LogP contribution in [0.5, 0.6) is 0 Å². The lowest BCUT2D eigenvalue weighted by Gasteiger charge is -2.24. The van der Waals surface area contributed by atoms with Crippen LogP contribution in [-0.2, 0) is 0 Å². The van der Waals surface area contributed by atoms with E-state index in [0.717, 1.165) is 11.8 Å². The SMILES string of the molecule is CCCCCCCCCC(C)C(CCCCCCCC)CNC. The minimum atomic E-state index is 0.895. The summed E-state index contributed by atoms with van der Waals surface area (Å²) in [5.74, 6) is 1.79. The van der Waals surface area contributed by atoms with Crippen LogP contribution in [0.1, 0.15) is 117 Å². The van der Waals surface area contributed by atoms with Crippen molar-refractivity contribution in [1.29, 1.82) is 0 Å². The zero-order valence-electron chi connectivity index (χ0n) is 17.0. The molecule has 1 heteroatoms. The van der Waals surface area contributed by atoms with Crippen molar-refractivity contribution in [3.8, 4) is 0 Å². The minimum Gasteiger partial charge on any atom is -0.319 e. The molecule has 0 rings (SSSR count). The molecule has 0 saturated carbocycles. The van der Waals surface area contributed by atoms with Crippen molar-refractivity contribution in [2.45, 2.75) is 117 Å². The Bertz CT molecular complexity index is 214. The summed E-state index contributed by atoms with van der Waals surface area (Å²) in [6.45, 7) is 8.31. The van der Waals surface area contributed by atoms with Gasteiger partial charge in [0, 0.05) is 0 Å². The van der Waals surface area contributed by atoms with Crippen LogP contribution >= 0.6 is 0 Å². The number of rotatable bonds is 18. The van der Waals surface area contributed by atoms with Crippen LogP contribution in [0.3, 0.4) is 0 Å². The van der Waals surface area contributed by atoms with E-state index < -0.39 is 0 Å². The van der Waals surface area contributed by atoms with Gasteiger partial charge in [-0.25, -0.2) is 0 Å². The molecule has 23 heavy (non-hydrogen) atoms. The second-order valence-corrected chi connectivity index (χ2v) is 7.76. The molecule has 1 N–H and O–H groups in total. The minimum absolute atomic E-state index is 0.895. The lowest BCUT2D eigenvalue weighted by Crippen LogP contribution is -2.24. The van der Waals surface area contributed by atoms with Crippen molar-refractivity contribution >= 4 is 0 Å². The van der Waals surface area contributed by atoms with E-state index in [4.69, 9.17) is 0 Å². The topological polar surface area (TPSA) is 12.0 Å². The standard InChI is InChI=1S/C22H47N/c1-5-7-9-11-13-14-16-18-21(3)22(20-23-4)19-17-15-12-10-8-6-2/h21-23H,5-20H2,1-4H3. The Labute approximate surface area is 148 Å². The van der Waals surface area contributed by atoms with Crippen LogP contribution in [0, 0.1) is 11.8 Å². The Balaban J connectivity index is 3.67. The van der Waals surface area contributed by atoms with E-state index in [9.17, 15) is 0 Å². The summed E-state index contributed by atoms with van der Waals surface area (Å²) in [6, 6.07) is 0. The molecule has 0 aliphatic heterocycles. The summed E-state index contributed by atoms with van der Waals surface area (Å²) in [6.07, 6.45) is 21.5. The molecule has 1 nitrogen and oxygen atoms in total. The third-order valence-electron chi connectivity index (χ3n) is 5.46. The summed E-state index contributed by atoms with van der Waals surface area (Å²) in [7, 11) is 2.12. The average molecular weight is 326 g/mol. The van der Waals surface area contributed by atoms with Crippen molar-refractivity contribution in [2.24, 2.45) is 11.8 Å². The van der Waals surface area contributed by atoms with Crippen molar-refractivity contribution in [2.75, 3.05) is 13.6 Å². The van der Waals surface area contributed by atoms with Gasteiger partial charge in [0.05, 0.1) is 0 Å². The maximum atomic E-state index is 3.43. The van der Waals surface area contributed by atoms with Crippen molar-refractivity contribution < 1.29 is 0 Å². The van der Waals surface area contributed by atoms with Gasteiger partial charge in [0.2, 0.25) is 0 Å². The van der Waals surface area contributed by atoms with Gasteiger partial charge < -0.3 is 5.32 Å². The first-order chi connectivity index (χ1) is 11.3. The summed E-state index contributed by atoms with van der Waals surface area (Å²) in [4.78, 5) is 0. The average Bonchev–Trinajstić information content (AvgIpc) is 2.56. The molecule has 0 bridgehead atoms. The molecular weight excluding hydrogens is 278 g/mol. The zero-order valence-corrected chi connectivity index (χ0v) is 17.0. The quantitative estimate of drug-likeness (QED) is 0.260. The Morgan fingerprint density at radius 3 is 1.52 bits per heavy atom. The smallest absolute Gasteiger partial charge is 0.00210 e. The third kappa shape index (κ3) is 15.2. The lowest BCUT2D eigenvalue weighted by molar-refractivity contribution is 0.293. The number of hydrogen-bond donors (Lipinski definition) is 1. The molecule has 0 aliphatic carbocycles. The highest BCUT2D eigenvalue weighted by Crippen LogP contribution is 2.24. The van der Waals surface area contributed by atoms with Crippen LogP contribution < -0.4 is 5.32 Å². The van der Waals surface area contributed by atoms with E-state index in [0.29, 0.717) is 0 Å². The first-order valence-corrected chi connectivity index (χ1v) is 10.9. The van der Waals surface area contributed by atoms with Gasteiger partial charge in [-0.3, -0.25) is 0 Å². The first-order valence-electron chi connectivity index (χ1n) is 10.9. The normalized spacial score (nSPS) is 14.1. The maximum Gasteiger partial charge on any atom is -0.00210 e. The molecule has 0 aliphatic rings. The molecule has 0 radical (unpaired) electrons. The fraction of sp³-hybridized carbons (Fsp3) is 1.00. The molecule has 0 fully saturated rings. The van der Waals surface area contributed by atoms with Gasteiger partial charge >= 0.3 is 0 Å². The van der Waals surface area contributed by atoms with Crippen molar-refractivity contribution in [3.05, 3.63) is 0 Å². The number of hydrogen-bond acceptors (Lipinski definition) is 1. The predicted octanol–water partition coefficient (Wildman–Crippen LogP) is 7.35. The predicted molar refractivity (Wildman–Crippen MR) is 107 cm³/mol. The van der Waals surface area contributed by atoms with Crippen LogP contribution in [0.15, 0.2) is 0 Å². The van der Waals surface area contributed by atoms with E-state index in [1.54, 1.807) is 0 Å². The molecule has 0 heterocycles. The summed E-state index contributed by atoms with van der Waals surface area (Å²) < 4.78 is 0. The number of nitrogens with one attached hydrogen (secondary N) is 1. The van der Waals surface area contributed by atoms with Gasteiger partial charge in [0.25, 0.3) is 0 Å². The van der Waals surface area contributed by atoms with Crippen molar-refractivity contribution in [3.63, 3.8) is 0 Å². The monoisotopic (exact) mass is 325 g/mol. The molecule has 0 saturated heterocycles. The number of unbranched alkanes of at least 4 members (excludes halogenated alkanes) is 11. The lowest BCUT2D eigenvalue weighted by atomic mass is 9.85. The van der Waals surface area contributed by atoms with Gasteiger partial charge in [-0.05, 0) is 31.8 Å². The summed E-state index contributed by atoms with van der Waals surface area (Å²) in [5.41, 5.74) is 0. The molecule has 0 spiro atoms. The Morgan fingerprint density at radius 1 is 0.609 bits per heavy atom. The van der Waals surface area contributed by atoms with Crippen LogP contribution in [0.25, 0.3) is 0 Å². The van der Waals surface area contributed by atoms with E-state index in [1.165, 1.54) is 103 Å². The zero-order chi connectivity index (χ0) is 17.2. The Morgan fingerprint density at radius 2 is 1.04 bits per heavy atom. The molecule has 0 aromatic heterocycles. The van der Waals surface area contributed by atoms with Gasteiger partial charge in [0.1, 0.15) is 0 Å². The van der Waals surface area contributed by atoms with E-state index in [2.05, 4.69) is 33.1 Å².